The van der Waals surface area contributed by atoms with Crippen molar-refractivity contribution in [2.45, 2.75) is 49.1 Å². The molecule has 0 aliphatic carbocycles. The van der Waals surface area contributed by atoms with Crippen LogP contribution in [0.1, 0.15) is 37.3 Å². The number of aliphatic imine (C=N–C) groups is 1. The smallest absolute Gasteiger partial charge is 0.266 e. The number of sulfone groups is 1. The first-order chi connectivity index (χ1) is 19.8. The molecule has 0 saturated carbocycles. The van der Waals surface area contributed by atoms with Crippen LogP contribution in [-0.2, 0) is 25.8 Å². The molecule has 9 nitrogen and oxygen atoms in total. The first-order valence-electron chi connectivity index (χ1n) is 13.8. The first kappa shape index (κ1) is 30.2. The third-order valence-corrected chi connectivity index (χ3v) is 8.73. The topological polar surface area (TPSA) is 126 Å². The Hall–Kier alpha value is -3.73. The lowest BCUT2D eigenvalue weighted by molar-refractivity contribution is -0.129. The molecule has 0 fully saturated rings. The van der Waals surface area contributed by atoms with Crippen LogP contribution in [0.4, 0.5) is 0 Å². The van der Waals surface area contributed by atoms with E-state index in [1.54, 1.807) is 61.5 Å². The van der Waals surface area contributed by atoms with Gasteiger partial charge < -0.3 is 14.6 Å². The molecule has 41 heavy (non-hydrogen) atoms. The lowest BCUT2D eigenvalue weighted by Crippen LogP contribution is -2.55. The highest BCUT2D eigenvalue weighted by Gasteiger charge is 2.50. The number of nitrogens with zero attached hydrogens (tertiary/aromatic N) is 1. The number of nitrogens with one attached hydrogen (secondary N) is 2. The van der Waals surface area contributed by atoms with Crippen molar-refractivity contribution in [3.05, 3.63) is 96.1 Å². The van der Waals surface area contributed by atoms with Crippen molar-refractivity contribution in [3.8, 4) is 5.75 Å². The molecule has 3 aromatic rings. The Bertz CT molecular complexity index is 1400. The Morgan fingerprint density at radius 1 is 1.00 bits per heavy atom. The summed E-state index contributed by atoms with van der Waals surface area (Å²) in [7, 11) is -3.66. The fourth-order valence-electron chi connectivity index (χ4n) is 4.56. The van der Waals surface area contributed by atoms with Crippen molar-refractivity contribution in [2.75, 3.05) is 25.5 Å². The van der Waals surface area contributed by atoms with E-state index in [4.69, 9.17) is 19.6 Å². The molecule has 1 aliphatic rings. The zero-order valence-corrected chi connectivity index (χ0v) is 24.0. The average molecular weight is 580 g/mol. The summed E-state index contributed by atoms with van der Waals surface area (Å²) in [4.78, 5) is 18.6. The number of aliphatic hydroxyl groups is 1. The van der Waals surface area contributed by atoms with Gasteiger partial charge in [-0.15, -0.1) is 0 Å². The number of rotatable bonds is 15. The normalized spacial score (nSPS) is 18.4. The molecule has 4 rings (SSSR count). The number of amides is 1. The maximum Gasteiger partial charge on any atom is 0.266 e. The Balaban J connectivity index is 1.49. The van der Waals surface area contributed by atoms with Crippen LogP contribution in [0.2, 0.25) is 0 Å². The first-order valence-corrected chi connectivity index (χ1v) is 15.4. The van der Waals surface area contributed by atoms with Gasteiger partial charge in [-0.05, 0) is 68.1 Å². The van der Waals surface area contributed by atoms with Crippen molar-refractivity contribution in [2.24, 2.45) is 4.99 Å². The Morgan fingerprint density at radius 2 is 1.68 bits per heavy atom. The van der Waals surface area contributed by atoms with E-state index in [2.05, 4.69) is 23.0 Å². The highest BCUT2D eigenvalue weighted by atomic mass is 32.2. The predicted molar refractivity (Wildman–Crippen MR) is 157 cm³/mol. The van der Waals surface area contributed by atoms with E-state index in [-0.39, 0.29) is 29.6 Å². The summed E-state index contributed by atoms with van der Waals surface area (Å²) in [6, 6.07) is 25.3. The van der Waals surface area contributed by atoms with Gasteiger partial charge in [0.15, 0.2) is 15.4 Å². The van der Waals surface area contributed by atoms with Gasteiger partial charge in [0.25, 0.3) is 5.91 Å². The Kier molecular flexibility index (Phi) is 10.5. The number of carbonyl (C=O) groups excluding carboxylic acids is 1. The van der Waals surface area contributed by atoms with Crippen LogP contribution in [0.15, 0.2) is 94.8 Å². The quantitative estimate of drug-likeness (QED) is 0.186. The number of carbonyl (C=O) groups is 1. The van der Waals surface area contributed by atoms with Gasteiger partial charge in [-0.3, -0.25) is 10.2 Å². The average Bonchev–Trinajstić information content (AvgIpc) is 3.34. The highest BCUT2D eigenvalue weighted by molar-refractivity contribution is 7.91. The van der Waals surface area contributed by atoms with Gasteiger partial charge in [-0.1, -0.05) is 48.5 Å². The lowest BCUT2D eigenvalue weighted by atomic mass is 9.90. The molecule has 10 heteroatoms. The van der Waals surface area contributed by atoms with Crippen LogP contribution in [0, 0.1) is 0 Å². The largest absolute Gasteiger partial charge is 0.494 e. The van der Waals surface area contributed by atoms with Gasteiger partial charge in [0.05, 0.1) is 17.3 Å². The van der Waals surface area contributed by atoms with E-state index in [0.29, 0.717) is 30.9 Å². The number of hydrazine groups is 1. The summed E-state index contributed by atoms with van der Waals surface area (Å²) >= 11 is 0. The predicted octanol–water partition coefficient (Wildman–Crippen LogP) is 3.47. The minimum atomic E-state index is -3.66. The van der Waals surface area contributed by atoms with E-state index < -0.39 is 27.4 Å². The van der Waals surface area contributed by atoms with Gasteiger partial charge in [-0.2, -0.15) is 0 Å². The molecule has 0 spiro atoms. The number of ether oxygens (including phenoxy) is 2. The SMILES string of the molecule is C[C@@H]1OC(c2ccc(OCCCO)cc2)=N[C@]1(CCS(=O)(=O)c1ccccc1)C(=O)NNCCCc1ccccc1. The molecular weight excluding hydrogens is 542 g/mol. The molecule has 0 radical (unpaired) electrons. The zero-order valence-electron chi connectivity index (χ0n) is 23.2. The summed E-state index contributed by atoms with van der Waals surface area (Å²) < 4.78 is 37.9. The minimum absolute atomic E-state index is 0.0483. The van der Waals surface area contributed by atoms with E-state index in [0.717, 1.165) is 12.8 Å². The van der Waals surface area contributed by atoms with Gasteiger partial charge in [0.1, 0.15) is 11.9 Å². The standard InChI is InChI=1S/C31H37N3O6S/c1-24-31(19-23-41(37,38)28-13-6-3-7-14-28,30(36)34-32-20-8-12-25-10-4-2-5-11-25)33-29(40-24)26-15-17-27(18-16-26)39-22-9-21-35/h2-7,10-11,13-18,24,32,35H,8-9,12,19-23H2,1H3,(H,34,36)/t24-,31-/m0/s1. The molecular formula is C31H37N3O6S. The molecule has 0 bridgehead atoms. The van der Waals surface area contributed by atoms with Crippen molar-refractivity contribution < 1.29 is 27.8 Å². The number of aliphatic hydroxyl groups excluding tert-OH is 1. The molecule has 0 saturated heterocycles. The summed E-state index contributed by atoms with van der Waals surface area (Å²) in [5, 5.41) is 8.95. The summed E-state index contributed by atoms with van der Waals surface area (Å²) in [6.45, 7) is 2.70. The second-order valence-corrected chi connectivity index (χ2v) is 12.0. The zero-order chi connectivity index (χ0) is 29.1. The van der Waals surface area contributed by atoms with Gasteiger partial charge in [0, 0.05) is 25.1 Å². The van der Waals surface area contributed by atoms with Crippen LogP contribution in [-0.4, -0.2) is 62.5 Å². The van der Waals surface area contributed by atoms with Crippen LogP contribution >= 0.6 is 0 Å². The molecule has 1 aliphatic heterocycles. The molecule has 3 aromatic carbocycles. The Morgan fingerprint density at radius 3 is 2.37 bits per heavy atom. The highest BCUT2D eigenvalue weighted by Crippen LogP contribution is 2.33. The van der Waals surface area contributed by atoms with Crippen LogP contribution < -0.4 is 15.6 Å². The third kappa shape index (κ3) is 7.93. The third-order valence-electron chi connectivity index (χ3n) is 6.99. The molecule has 1 amide bonds. The number of hydrogen-bond acceptors (Lipinski definition) is 8. The van der Waals surface area contributed by atoms with Crippen molar-refractivity contribution in [1.29, 1.82) is 0 Å². The minimum Gasteiger partial charge on any atom is -0.494 e. The number of benzene rings is 3. The summed E-state index contributed by atoms with van der Waals surface area (Å²) in [5.74, 6) is 0.162. The maximum atomic E-state index is 13.6. The summed E-state index contributed by atoms with van der Waals surface area (Å²) in [6.07, 6.45) is 1.40. The Labute approximate surface area is 241 Å². The second-order valence-electron chi connectivity index (χ2n) is 9.90. The van der Waals surface area contributed by atoms with E-state index in [9.17, 15) is 13.2 Å². The fraction of sp³-hybridized carbons (Fsp3) is 0.355. The second kappa shape index (κ2) is 14.2. The number of hydrogen-bond donors (Lipinski definition) is 3. The molecule has 0 unspecified atom stereocenters. The van der Waals surface area contributed by atoms with E-state index in [1.807, 2.05) is 18.2 Å². The van der Waals surface area contributed by atoms with Gasteiger partial charge in [-0.25, -0.2) is 18.8 Å². The van der Waals surface area contributed by atoms with Crippen molar-refractivity contribution >= 4 is 21.6 Å². The van der Waals surface area contributed by atoms with Crippen LogP contribution in [0.3, 0.4) is 0 Å². The lowest BCUT2D eigenvalue weighted by Gasteiger charge is -2.28. The molecule has 218 valence electrons. The van der Waals surface area contributed by atoms with Gasteiger partial charge in [0.2, 0.25) is 5.90 Å². The van der Waals surface area contributed by atoms with Crippen molar-refractivity contribution in [1.82, 2.24) is 10.9 Å². The monoisotopic (exact) mass is 579 g/mol. The number of aryl methyl sites for hydroxylation is 1. The maximum absolute atomic E-state index is 13.6. The van der Waals surface area contributed by atoms with E-state index >= 15 is 0 Å². The van der Waals surface area contributed by atoms with Crippen molar-refractivity contribution in [3.63, 3.8) is 0 Å². The molecule has 0 aromatic heterocycles. The molecule has 3 N–H and O–H groups in total. The van der Waals surface area contributed by atoms with E-state index in [1.165, 1.54) is 5.56 Å². The molecule has 1 heterocycles. The van der Waals surface area contributed by atoms with Crippen LogP contribution in [0.5, 0.6) is 5.75 Å². The fourth-order valence-corrected chi connectivity index (χ4v) is 5.95. The van der Waals surface area contributed by atoms with Crippen LogP contribution in [0.25, 0.3) is 0 Å². The summed E-state index contributed by atoms with van der Waals surface area (Å²) in [5.41, 5.74) is 6.13. The molecule has 2 atom stereocenters. The van der Waals surface area contributed by atoms with Gasteiger partial charge >= 0.3 is 0 Å².